The first-order valence-electron chi connectivity index (χ1n) is 10.8. The molecule has 184 valence electrons. The first-order valence-corrected chi connectivity index (χ1v) is 11.6. The average Bonchev–Trinajstić information content (AvgIpc) is 3.23. The maximum atomic E-state index is 13.3. The Kier molecular flexibility index (Phi) is 7.19. The van der Waals surface area contributed by atoms with Crippen molar-refractivity contribution in [2.45, 2.75) is 13.8 Å². The molecule has 0 bridgehead atoms. The van der Waals surface area contributed by atoms with Crippen LogP contribution in [0.1, 0.15) is 21.6 Å². The zero-order chi connectivity index (χ0) is 26.0. The van der Waals surface area contributed by atoms with E-state index >= 15 is 0 Å². The number of nitrogens with zero attached hydrogens (tertiary/aromatic N) is 1. The number of carbonyl (C=O) groups is 3. The zero-order valence-corrected chi connectivity index (χ0v) is 21.1. The minimum atomic E-state index is -0.995. The van der Waals surface area contributed by atoms with Crippen LogP contribution in [-0.4, -0.2) is 29.5 Å². The largest absolute Gasteiger partial charge is 0.494 e. The monoisotopic (exact) mass is 524 g/mol. The summed E-state index contributed by atoms with van der Waals surface area (Å²) in [7, 11) is 1.47. The van der Waals surface area contributed by atoms with Gasteiger partial charge in [-0.15, -0.1) is 0 Å². The van der Waals surface area contributed by atoms with Gasteiger partial charge in [0.1, 0.15) is 17.0 Å². The maximum Gasteiger partial charge on any atom is 0.328 e. The molecule has 1 aromatic heterocycles. The summed E-state index contributed by atoms with van der Waals surface area (Å²) in [6.45, 7) is 3.50. The zero-order valence-electron chi connectivity index (χ0n) is 19.6. The molecule has 0 aliphatic carbocycles. The Balaban J connectivity index is 1.69. The number of para-hydroxylation sites is 1. The lowest BCUT2D eigenvalue weighted by atomic mass is 10.2. The number of amides is 3. The summed E-state index contributed by atoms with van der Waals surface area (Å²) in [4.78, 5) is 39.0. The molecular formula is C26H22Cl2N4O4. The van der Waals surface area contributed by atoms with Crippen molar-refractivity contribution >= 4 is 63.2 Å². The van der Waals surface area contributed by atoms with Crippen molar-refractivity contribution in [3.8, 4) is 5.75 Å². The molecule has 3 aromatic carbocycles. The number of nitrogens with one attached hydrogen (secondary N) is 3. The highest BCUT2D eigenvalue weighted by atomic mass is 35.5. The number of hydrogen-bond donors (Lipinski definition) is 3. The number of rotatable bonds is 5. The van der Waals surface area contributed by atoms with E-state index in [0.29, 0.717) is 49.2 Å². The van der Waals surface area contributed by atoms with Crippen molar-refractivity contribution in [3.63, 3.8) is 0 Å². The lowest BCUT2D eigenvalue weighted by Crippen LogP contribution is -2.36. The first kappa shape index (κ1) is 25.1. The number of halogens is 2. The lowest BCUT2D eigenvalue weighted by Gasteiger charge is -2.15. The summed E-state index contributed by atoms with van der Waals surface area (Å²) in [5.41, 5.74) is 5.22. The predicted octanol–water partition coefficient (Wildman–Crippen LogP) is 5.53. The third-order valence-corrected chi connectivity index (χ3v) is 6.51. The average molecular weight is 525 g/mol. The van der Waals surface area contributed by atoms with Crippen LogP contribution in [0.15, 0.2) is 60.7 Å². The van der Waals surface area contributed by atoms with Crippen LogP contribution < -0.4 is 20.8 Å². The number of anilines is 2. The van der Waals surface area contributed by atoms with Crippen LogP contribution in [0.5, 0.6) is 5.75 Å². The molecule has 0 saturated heterocycles. The Morgan fingerprint density at radius 1 is 0.806 bits per heavy atom. The molecule has 0 unspecified atom stereocenters. The van der Waals surface area contributed by atoms with Crippen LogP contribution in [-0.2, 0) is 9.59 Å². The highest BCUT2D eigenvalue weighted by molar-refractivity contribution is 6.43. The molecule has 3 N–H and O–H groups in total. The van der Waals surface area contributed by atoms with Gasteiger partial charge in [-0.25, -0.2) is 4.68 Å². The first-order chi connectivity index (χ1) is 17.2. The van der Waals surface area contributed by atoms with Gasteiger partial charge in [0.05, 0.1) is 7.11 Å². The van der Waals surface area contributed by atoms with Crippen molar-refractivity contribution < 1.29 is 19.1 Å². The van der Waals surface area contributed by atoms with Gasteiger partial charge in [-0.2, -0.15) is 0 Å². The molecule has 0 saturated carbocycles. The van der Waals surface area contributed by atoms with Gasteiger partial charge in [0, 0.05) is 26.8 Å². The van der Waals surface area contributed by atoms with Gasteiger partial charge in [-0.3, -0.25) is 19.8 Å². The molecule has 4 aromatic rings. The molecule has 0 fully saturated rings. The van der Waals surface area contributed by atoms with Gasteiger partial charge < -0.3 is 15.4 Å². The fourth-order valence-corrected chi connectivity index (χ4v) is 4.03. The second kappa shape index (κ2) is 10.3. The van der Waals surface area contributed by atoms with E-state index in [-0.39, 0.29) is 5.69 Å². The summed E-state index contributed by atoms with van der Waals surface area (Å²) in [5.74, 6) is -2.05. The second-order valence-corrected chi connectivity index (χ2v) is 8.75. The van der Waals surface area contributed by atoms with E-state index < -0.39 is 17.7 Å². The molecule has 36 heavy (non-hydrogen) atoms. The van der Waals surface area contributed by atoms with Gasteiger partial charge in [-0.1, -0.05) is 47.5 Å². The third kappa shape index (κ3) is 4.86. The number of hydrogen-bond acceptors (Lipinski definition) is 4. The lowest BCUT2D eigenvalue weighted by molar-refractivity contribution is -0.133. The number of benzene rings is 3. The quantitative estimate of drug-likeness (QED) is 0.298. The summed E-state index contributed by atoms with van der Waals surface area (Å²) >= 11 is 12.3. The van der Waals surface area contributed by atoms with Crippen molar-refractivity contribution in [1.82, 2.24) is 4.68 Å². The molecule has 0 atom stereocenters. The molecule has 0 aliphatic heterocycles. The maximum absolute atomic E-state index is 13.3. The molecule has 0 spiro atoms. The van der Waals surface area contributed by atoms with E-state index in [0.717, 1.165) is 0 Å². The minimum absolute atomic E-state index is 0.0777. The van der Waals surface area contributed by atoms with E-state index in [1.807, 2.05) is 0 Å². The number of carbonyl (C=O) groups excluding carboxylic acids is 3. The Bertz CT molecular complexity index is 1510. The van der Waals surface area contributed by atoms with Crippen molar-refractivity contribution in [3.05, 3.63) is 87.5 Å². The number of methoxy groups -OCH3 is 1. The topological polar surface area (TPSA) is 101 Å². The van der Waals surface area contributed by atoms with Gasteiger partial charge in [0.2, 0.25) is 0 Å². The van der Waals surface area contributed by atoms with Crippen LogP contribution in [0.25, 0.3) is 10.9 Å². The third-order valence-electron chi connectivity index (χ3n) is 5.69. The van der Waals surface area contributed by atoms with Crippen LogP contribution in [0.4, 0.5) is 11.4 Å². The number of aromatic nitrogens is 1. The number of fused-ring (bicyclic) bond motifs is 1. The molecule has 4 rings (SSSR count). The van der Waals surface area contributed by atoms with Crippen molar-refractivity contribution in [1.29, 1.82) is 0 Å². The summed E-state index contributed by atoms with van der Waals surface area (Å²) in [6, 6.07) is 16.9. The Morgan fingerprint density at radius 3 is 2.00 bits per heavy atom. The highest BCUT2D eigenvalue weighted by Gasteiger charge is 2.23. The highest BCUT2D eigenvalue weighted by Crippen LogP contribution is 2.30. The SMILES string of the molecule is COc1cccc2cc(C(=O)Nc3cccc(Cl)c3C)n(NC(=O)C(=O)Nc3cccc(Cl)c3C)c12. The van der Waals surface area contributed by atoms with E-state index in [1.165, 1.54) is 11.8 Å². The number of ether oxygens (including phenoxy) is 1. The molecular weight excluding hydrogens is 503 g/mol. The molecule has 0 radical (unpaired) electrons. The Morgan fingerprint density at radius 2 is 1.39 bits per heavy atom. The molecule has 10 heteroatoms. The fraction of sp³-hybridized carbons (Fsp3) is 0.115. The van der Waals surface area contributed by atoms with Gasteiger partial charge in [0.15, 0.2) is 0 Å². The van der Waals surface area contributed by atoms with Crippen LogP contribution in [0.2, 0.25) is 10.0 Å². The predicted molar refractivity (Wildman–Crippen MR) is 142 cm³/mol. The second-order valence-electron chi connectivity index (χ2n) is 7.94. The fourth-order valence-electron chi connectivity index (χ4n) is 3.68. The van der Waals surface area contributed by atoms with E-state index in [1.54, 1.807) is 74.5 Å². The molecule has 0 aliphatic rings. The van der Waals surface area contributed by atoms with Gasteiger partial charge in [-0.05, 0) is 61.4 Å². The summed E-state index contributed by atoms with van der Waals surface area (Å²) in [6.07, 6.45) is 0. The molecule has 1 heterocycles. The van der Waals surface area contributed by atoms with Gasteiger partial charge >= 0.3 is 11.8 Å². The van der Waals surface area contributed by atoms with Crippen LogP contribution >= 0.6 is 23.2 Å². The van der Waals surface area contributed by atoms with E-state index in [4.69, 9.17) is 27.9 Å². The van der Waals surface area contributed by atoms with Crippen LogP contribution in [0.3, 0.4) is 0 Å². The minimum Gasteiger partial charge on any atom is -0.494 e. The normalized spacial score (nSPS) is 10.7. The Hall–Kier alpha value is -4.01. The summed E-state index contributed by atoms with van der Waals surface area (Å²) < 4.78 is 6.68. The van der Waals surface area contributed by atoms with Gasteiger partial charge in [0.25, 0.3) is 5.91 Å². The van der Waals surface area contributed by atoms with Crippen LogP contribution in [0, 0.1) is 13.8 Å². The standard InChI is InChI=1S/C26H22Cl2N4O4/c1-14-17(27)8-5-10-19(14)29-24(33)21-13-16-7-4-12-22(36-3)23(16)32(21)31-26(35)25(34)30-20-11-6-9-18(28)15(20)2/h4-13H,1-3H3,(H,29,33)(H,30,34)(H,31,35). The van der Waals surface area contributed by atoms with Crippen molar-refractivity contribution in [2.75, 3.05) is 23.2 Å². The molecule has 3 amide bonds. The van der Waals surface area contributed by atoms with Crippen molar-refractivity contribution in [2.24, 2.45) is 0 Å². The summed E-state index contributed by atoms with van der Waals surface area (Å²) in [5, 5.41) is 6.92. The van der Waals surface area contributed by atoms with E-state index in [9.17, 15) is 14.4 Å². The molecule has 8 nitrogen and oxygen atoms in total. The Labute approximate surface area is 217 Å². The smallest absolute Gasteiger partial charge is 0.328 e. The van der Waals surface area contributed by atoms with E-state index in [2.05, 4.69) is 16.1 Å².